The highest BCUT2D eigenvalue weighted by Crippen LogP contribution is 2.45. The standard InChI is InChI=1S/C33H38N4O2/c1-24-34-29-10-5-6-11-30(29)37(24)28-22-26-13-14-27(23-28)36(26)20-17-33(25-8-3-2-4-9-25)15-18-35(19-16-33)32(38)31-12-7-21-39-31/h2-12,21,26-28H,13-20,22-23H2,1H3/t26-,27+,28?. The Kier molecular flexibility index (Phi) is 6.31. The molecule has 2 aromatic carbocycles. The number of carbonyl (C=O) groups excluding carboxylic acids is 1. The van der Waals surface area contributed by atoms with E-state index in [-0.39, 0.29) is 11.3 Å². The van der Waals surface area contributed by atoms with E-state index in [4.69, 9.17) is 9.40 Å². The van der Waals surface area contributed by atoms with Gasteiger partial charge in [-0.15, -0.1) is 0 Å². The Hall–Kier alpha value is -3.38. The van der Waals surface area contributed by atoms with Crippen molar-refractivity contribution in [2.24, 2.45) is 0 Å². The fourth-order valence-corrected chi connectivity index (χ4v) is 7.96. The fraction of sp³-hybridized carbons (Fsp3) is 0.455. The molecule has 3 atom stereocenters. The molecule has 0 aliphatic carbocycles. The minimum atomic E-state index is 0.0177. The zero-order valence-electron chi connectivity index (χ0n) is 22.8. The Morgan fingerprint density at radius 1 is 0.923 bits per heavy atom. The number of aromatic nitrogens is 2. The molecule has 0 radical (unpaired) electrons. The van der Waals surface area contributed by atoms with E-state index in [2.05, 4.69) is 71.0 Å². The molecule has 3 fully saturated rings. The maximum Gasteiger partial charge on any atom is 0.289 e. The van der Waals surface area contributed by atoms with Crippen LogP contribution in [0.2, 0.25) is 0 Å². The number of nitrogens with zero attached hydrogens (tertiary/aromatic N) is 4. The van der Waals surface area contributed by atoms with Crippen molar-refractivity contribution in [1.29, 1.82) is 0 Å². The molecule has 0 saturated carbocycles. The van der Waals surface area contributed by atoms with Crippen molar-refractivity contribution < 1.29 is 9.21 Å². The van der Waals surface area contributed by atoms with Crippen LogP contribution in [0.15, 0.2) is 77.4 Å². The number of amides is 1. The topological polar surface area (TPSA) is 54.5 Å². The number of aryl methyl sites for hydroxylation is 1. The Labute approximate surface area is 230 Å². The average molecular weight is 523 g/mol. The van der Waals surface area contributed by atoms with Crippen LogP contribution in [0.3, 0.4) is 0 Å². The van der Waals surface area contributed by atoms with Gasteiger partial charge in [0.2, 0.25) is 0 Å². The van der Waals surface area contributed by atoms with Crippen LogP contribution >= 0.6 is 0 Å². The second-order valence-electron chi connectivity index (χ2n) is 11.9. The molecular formula is C33H38N4O2. The van der Waals surface area contributed by atoms with Crippen LogP contribution in [0, 0.1) is 6.92 Å². The summed E-state index contributed by atoms with van der Waals surface area (Å²) in [6.45, 7) is 4.85. The summed E-state index contributed by atoms with van der Waals surface area (Å²) in [5.41, 5.74) is 3.94. The Morgan fingerprint density at radius 3 is 2.36 bits per heavy atom. The molecule has 7 rings (SSSR count). The average Bonchev–Trinajstić information content (AvgIpc) is 3.68. The third-order valence-corrected chi connectivity index (χ3v) is 9.97. The van der Waals surface area contributed by atoms with Crippen molar-refractivity contribution >= 4 is 16.9 Å². The Balaban J connectivity index is 1.07. The molecule has 1 amide bonds. The predicted octanol–water partition coefficient (Wildman–Crippen LogP) is 6.37. The first kappa shape index (κ1) is 24.6. The highest BCUT2D eigenvalue weighted by atomic mass is 16.3. The summed E-state index contributed by atoms with van der Waals surface area (Å²) in [7, 11) is 0. The van der Waals surface area contributed by atoms with Crippen molar-refractivity contribution in [3.05, 3.63) is 90.1 Å². The van der Waals surface area contributed by atoms with Gasteiger partial charge in [-0.2, -0.15) is 0 Å². The van der Waals surface area contributed by atoms with Crippen LogP contribution in [0.25, 0.3) is 11.0 Å². The molecule has 6 nitrogen and oxygen atoms in total. The molecule has 2 aromatic heterocycles. The van der Waals surface area contributed by atoms with Crippen molar-refractivity contribution in [2.45, 2.75) is 75.4 Å². The smallest absolute Gasteiger partial charge is 0.289 e. The molecule has 6 heteroatoms. The summed E-state index contributed by atoms with van der Waals surface area (Å²) in [5, 5.41) is 0. The SMILES string of the molecule is Cc1nc2ccccc2n1C1C[C@H]2CC[C@@H](C1)N2CCC1(c2ccccc2)CCN(C(=O)c2ccco2)CC1. The second kappa shape index (κ2) is 9.98. The zero-order valence-corrected chi connectivity index (χ0v) is 22.8. The minimum absolute atomic E-state index is 0.0177. The first-order valence-corrected chi connectivity index (χ1v) is 14.7. The molecular weight excluding hydrogens is 484 g/mol. The monoisotopic (exact) mass is 522 g/mol. The van der Waals surface area contributed by atoms with E-state index in [9.17, 15) is 4.79 Å². The van der Waals surface area contributed by atoms with E-state index in [1.165, 1.54) is 36.8 Å². The van der Waals surface area contributed by atoms with Gasteiger partial charge in [-0.05, 0) is 93.7 Å². The lowest BCUT2D eigenvalue weighted by Crippen LogP contribution is -2.49. The predicted molar refractivity (Wildman–Crippen MR) is 153 cm³/mol. The summed E-state index contributed by atoms with van der Waals surface area (Å²) in [5.74, 6) is 1.61. The number of furan rings is 1. The third-order valence-electron chi connectivity index (χ3n) is 9.97. The van der Waals surface area contributed by atoms with E-state index < -0.39 is 0 Å². The van der Waals surface area contributed by atoms with Crippen molar-refractivity contribution in [3.63, 3.8) is 0 Å². The van der Waals surface area contributed by atoms with Crippen molar-refractivity contribution in [3.8, 4) is 0 Å². The molecule has 3 saturated heterocycles. The summed E-state index contributed by atoms with van der Waals surface area (Å²) in [6, 6.07) is 25.0. The van der Waals surface area contributed by atoms with Gasteiger partial charge in [-0.1, -0.05) is 42.5 Å². The van der Waals surface area contributed by atoms with Gasteiger partial charge >= 0.3 is 0 Å². The molecule has 1 unspecified atom stereocenters. The van der Waals surface area contributed by atoms with Gasteiger partial charge in [0.1, 0.15) is 5.82 Å². The van der Waals surface area contributed by atoms with Crippen LogP contribution in [0.5, 0.6) is 0 Å². The minimum Gasteiger partial charge on any atom is -0.459 e. The molecule has 3 aliphatic rings. The van der Waals surface area contributed by atoms with E-state index in [0.29, 0.717) is 23.9 Å². The number of fused-ring (bicyclic) bond motifs is 3. The zero-order chi connectivity index (χ0) is 26.4. The van der Waals surface area contributed by atoms with Gasteiger partial charge in [0.05, 0.1) is 17.3 Å². The first-order chi connectivity index (χ1) is 19.1. The summed E-state index contributed by atoms with van der Waals surface area (Å²) in [6.07, 6.45) is 9.74. The number of likely N-dealkylation sites (tertiary alicyclic amines) is 1. The highest BCUT2D eigenvalue weighted by Gasteiger charge is 2.44. The van der Waals surface area contributed by atoms with Gasteiger partial charge in [-0.25, -0.2) is 4.98 Å². The number of benzene rings is 2. The normalized spacial score (nSPS) is 24.8. The number of carbonyl (C=O) groups is 1. The van der Waals surface area contributed by atoms with Crippen LogP contribution in [0.1, 0.15) is 72.9 Å². The van der Waals surface area contributed by atoms with Gasteiger partial charge in [-0.3, -0.25) is 9.69 Å². The maximum atomic E-state index is 13.0. The van der Waals surface area contributed by atoms with Gasteiger partial charge < -0.3 is 13.9 Å². The van der Waals surface area contributed by atoms with Gasteiger partial charge in [0.15, 0.2) is 5.76 Å². The van der Waals surface area contributed by atoms with E-state index >= 15 is 0 Å². The van der Waals surface area contributed by atoms with Crippen LogP contribution in [-0.4, -0.2) is 57.0 Å². The Bertz CT molecular complexity index is 1420. The third kappa shape index (κ3) is 4.39. The lowest BCUT2D eigenvalue weighted by Gasteiger charge is -2.45. The fourth-order valence-electron chi connectivity index (χ4n) is 7.96. The van der Waals surface area contributed by atoms with Crippen LogP contribution in [-0.2, 0) is 5.41 Å². The molecule has 2 bridgehead atoms. The van der Waals surface area contributed by atoms with E-state index in [0.717, 1.165) is 50.2 Å². The highest BCUT2D eigenvalue weighted by molar-refractivity contribution is 5.91. The summed E-state index contributed by atoms with van der Waals surface area (Å²) in [4.78, 5) is 22.6. The second-order valence-corrected chi connectivity index (χ2v) is 11.9. The molecule has 3 aliphatic heterocycles. The van der Waals surface area contributed by atoms with Gasteiger partial charge in [0, 0.05) is 31.2 Å². The number of imidazole rings is 1. The van der Waals surface area contributed by atoms with Crippen molar-refractivity contribution in [2.75, 3.05) is 19.6 Å². The molecule has 5 heterocycles. The molecule has 39 heavy (non-hydrogen) atoms. The number of rotatable bonds is 6. The lowest BCUT2D eigenvalue weighted by atomic mass is 9.70. The van der Waals surface area contributed by atoms with Gasteiger partial charge in [0.25, 0.3) is 5.91 Å². The summed E-state index contributed by atoms with van der Waals surface area (Å²) < 4.78 is 7.93. The molecule has 4 aromatic rings. The molecule has 202 valence electrons. The quantitative estimate of drug-likeness (QED) is 0.295. The number of hydrogen-bond donors (Lipinski definition) is 0. The van der Waals surface area contributed by atoms with Crippen LogP contribution < -0.4 is 0 Å². The van der Waals surface area contributed by atoms with E-state index in [1.807, 2.05) is 4.90 Å². The largest absolute Gasteiger partial charge is 0.459 e. The number of hydrogen-bond acceptors (Lipinski definition) is 4. The number of para-hydroxylation sites is 2. The lowest BCUT2D eigenvalue weighted by molar-refractivity contribution is 0.0580. The first-order valence-electron chi connectivity index (χ1n) is 14.7. The van der Waals surface area contributed by atoms with Crippen molar-refractivity contribution in [1.82, 2.24) is 19.4 Å². The number of piperidine rings is 2. The summed E-state index contributed by atoms with van der Waals surface area (Å²) >= 11 is 0. The van der Waals surface area contributed by atoms with E-state index in [1.54, 1.807) is 18.4 Å². The van der Waals surface area contributed by atoms with Crippen LogP contribution in [0.4, 0.5) is 0 Å². The Morgan fingerprint density at radius 2 is 1.64 bits per heavy atom. The molecule has 0 N–H and O–H groups in total. The maximum absolute atomic E-state index is 13.0. The molecule has 0 spiro atoms.